The Labute approximate surface area is 170 Å². The third-order valence-corrected chi connectivity index (χ3v) is 5.83. The Hall–Kier alpha value is -2.36. The van der Waals surface area contributed by atoms with Gasteiger partial charge in [0, 0.05) is 11.4 Å². The van der Waals surface area contributed by atoms with Crippen molar-refractivity contribution in [2.45, 2.75) is 49.9 Å². The van der Waals surface area contributed by atoms with Gasteiger partial charge in [0.15, 0.2) is 0 Å². The molecule has 0 radical (unpaired) electrons. The van der Waals surface area contributed by atoms with Crippen molar-refractivity contribution < 1.29 is 22.8 Å². The van der Waals surface area contributed by atoms with Gasteiger partial charge in [-0.1, -0.05) is 49.7 Å². The van der Waals surface area contributed by atoms with E-state index in [1.165, 1.54) is 6.07 Å². The summed E-state index contributed by atoms with van der Waals surface area (Å²) in [5, 5.41) is 5.49. The molecule has 2 unspecified atom stereocenters. The summed E-state index contributed by atoms with van der Waals surface area (Å²) in [7, 11) is 0. The van der Waals surface area contributed by atoms with Crippen molar-refractivity contribution in [2.24, 2.45) is 5.92 Å². The number of hydrogen-bond donors (Lipinski definition) is 2. The van der Waals surface area contributed by atoms with E-state index in [9.17, 15) is 22.8 Å². The number of para-hydroxylation sites is 1. The molecule has 1 aliphatic carbocycles. The van der Waals surface area contributed by atoms with Crippen LogP contribution in [-0.4, -0.2) is 33.7 Å². The highest BCUT2D eigenvalue weighted by Crippen LogP contribution is 2.32. The number of thioether (sulfide) groups is 1. The fraction of sp³-hybridized carbons (Fsp3) is 0.474. The Kier molecular flexibility index (Phi) is 6.61. The van der Waals surface area contributed by atoms with Crippen molar-refractivity contribution in [3.05, 3.63) is 30.1 Å². The molecule has 29 heavy (non-hydrogen) atoms. The molecule has 1 heterocycles. The van der Waals surface area contributed by atoms with Gasteiger partial charge in [-0.25, -0.2) is 14.8 Å². The van der Waals surface area contributed by atoms with Gasteiger partial charge < -0.3 is 5.32 Å². The van der Waals surface area contributed by atoms with E-state index in [-0.39, 0.29) is 22.3 Å². The number of nitrogens with zero attached hydrogens (tertiary/aromatic N) is 2. The summed E-state index contributed by atoms with van der Waals surface area (Å²) in [6.45, 7) is 2.06. The number of hydrogen-bond acceptors (Lipinski definition) is 5. The molecule has 0 spiro atoms. The topological polar surface area (TPSA) is 84.0 Å². The van der Waals surface area contributed by atoms with Crippen molar-refractivity contribution in [1.29, 1.82) is 0 Å². The van der Waals surface area contributed by atoms with E-state index in [0.717, 1.165) is 37.4 Å². The van der Waals surface area contributed by atoms with Crippen LogP contribution in [-0.2, 0) is 11.0 Å². The van der Waals surface area contributed by atoms with E-state index in [1.54, 1.807) is 18.2 Å². The van der Waals surface area contributed by atoms with Gasteiger partial charge in [-0.2, -0.15) is 13.2 Å². The van der Waals surface area contributed by atoms with Gasteiger partial charge in [-0.15, -0.1) is 0 Å². The van der Waals surface area contributed by atoms with Gasteiger partial charge in [0.2, 0.25) is 11.7 Å². The van der Waals surface area contributed by atoms with Crippen LogP contribution >= 0.6 is 11.8 Å². The molecular formula is C19H21F3N4O2S. The molecule has 1 aliphatic rings. The van der Waals surface area contributed by atoms with Crippen molar-refractivity contribution in [3.8, 4) is 0 Å². The molecule has 2 N–H and O–H groups in total. The Morgan fingerprint density at radius 2 is 1.90 bits per heavy atom. The third kappa shape index (κ3) is 5.59. The standard InChI is InChI=1S/C19H21F3N4O2S/c1-11-6-2-4-8-13(11)24-18(28)25-15(27)10-29-16-12-7-3-5-9-14(12)23-17(26-16)19(20,21)22/h3,5,7,9,11,13H,2,4,6,8,10H2,1H3,(H2,24,25,27,28). The van der Waals surface area contributed by atoms with Crippen LogP contribution in [0, 0.1) is 5.92 Å². The van der Waals surface area contributed by atoms with Crippen LogP contribution in [0.4, 0.5) is 18.0 Å². The predicted molar refractivity (Wildman–Crippen MR) is 103 cm³/mol. The normalized spacial score (nSPS) is 19.7. The van der Waals surface area contributed by atoms with Crippen LogP contribution in [0.3, 0.4) is 0 Å². The van der Waals surface area contributed by atoms with Crippen molar-refractivity contribution in [2.75, 3.05) is 5.75 Å². The number of urea groups is 1. The van der Waals surface area contributed by atoms with Gasteiger partial charge in [0.05, 0.1) is 11.3 Å². The second kappa shape index (κ2) is 8.98. The van der Waals surface area contributed by atoms with Crippen LogP contribution < -0.4 is 10.6 Å². The lowest BCUT2D eigenvalue weighted by Gasteiger charge is -2.29. The highest BCUT2D eigenvalue weighted by Gasteiger charge is 2.35. The van der Waals surface area contributed by atoms with Crippen LogP contribution in [0.5, 0.6) is 0 Å². The summed E-state index contributed by atoms with van der Waals surface area (Å²) in [6, 6.07) is 5.71. The van der Waals surface area contributed by atoms with E-state index in [4.69, 9.17) is 0 Å². The molecule has 3 amide bonds. The monoisotopic (exact) mass is 426 g/mol. The number of aromatic nitrogens is 2. The lowest BCUT2D eigenvalue weighted by atomic mass is 9.86. The Balaban J connectivity index is 1.63. The minimum absolute atomic E-state index is 0.0179. The summed E-state index contributed by atoms with van der Waals surface area (Å²) >= 11 is 0.834. The Bertz CT molecular complexity index is 907. The van der Waals surface area contributed by atoms with Crippen LogP contribution in [0.1, 0.15) is 38.4 Å². The molecule has 1 aromatic carbocycles. The maximum absolute atomic E-state index is 13.1. The number of imide groups is 1. The van der Waals surface area contributed by atoms with Crippen LogP contribution in [0.25, 0.3) is 10.9 Å². The molecule has 10 heteroatoms. The second-order valence-electron chi connectivity index (χ2n) is 7.05. The molecule has 1 aromatic heterocycles. The fourth-order valence-electron chi connectivity index (χ4n) is 3.32. The van der Waals surface area contributed by atoms with E-state index < -0.39 is 23.9 Å². The molecule has 0 bridgehead atoms. The lowest BCUT2D eigenvalue weighted by molar-refractivity contribution is -0.145. The van der Waals surface area contributed by atoms with Crippen LogP contribution in [0.2, 0.25) is 0 Å². The lowest BCUT2D eigenvalue weighted by Crippen LogP contribution is -2.48. The number of alkyl halides is 3. The molecule has 6 nitrogen and oxygen atoms in total. The second-order valence-corrected chi connectivity index (χ2v) is 8.01. The Morgan fingerprint density at radius 1 is 1.17 bits per heavy atom. The molecule has 1 saturated carbocycles. The summed E-state index contributed by atoms with van der Waals surface area (Å²) in [5.74, 6) is -1.77. The summed E-state index contributed by atoms with van der Waals surface area (Å²) in [6.07, 6.45) is -0.648. The summed E-state index contributed by atoms with van der Waals surface area (Å²) in [4.78, 5) is 31.3. The van der Waals surface area contributed by atoms with Gasteiger partial charge in [0.1, 0.15) is 5.03 Å². The number of benzene rings is 1. The van der Waals surface area contributed by atoms with E-state index >= 15 is 0 Å². The number of halogens is 3. The van der Waals surface area contributed by atoms with E-state index in [1.807, 2.05) is 0 Å². The number of carbonyl (C=O) groups excluding carboxylic acids is 2. The quantitative estimate of drug-likeness (QED) is 0.567. The SMILES string of the molecule is CC1CCCCC1NC(=O)NC(=O)CSc1nc(C(F)(F)F)nc2ccccc12. The number of fused-ring (bicyclic) bond motifs is 1. The van der Waals surface area contributed by atoms with E-state index in [2.05, 4.69) is 27.5 Å². The highest BCUT2D eigenvalue weighted by molar-refractivity contribution is 8.00. The van der Waals surface area contributed by atoms with Gasteiger partial charge in [0.25, 0.3) is 0 Å². The molecule has 2 atom stereocenters. The number of rotatable bonds is 4. The molecular weight excluding hydrogens is 405 g/mol. The zero-order valence-corrected chi connectivity index (χ0v) is 16.6. The summed E-state index contributed by atoms with van der Waals surface area (Å²) < 4.78 is 39.2. The van der Waals surface area contributed by atoms with Crippen molar-refractivity contribution >= 4 is 34.6 Å². The smallest absolute Gasteiger partial charge is 0.335 e. The zero-order valence-electron chi connectivity index (χ0n) is 15.8. The summed E-state index contributed by atoms with van der Waals surface area (Å²) in [5.41, 5.74) is 0.141. The average molecular weight is 426 g/mol. The molecule has 0 saturated heterocycles. The average Bonchev–Trinajstić information content (AvgIpc) is 2.67. The minimum Gasteiger partial charge on any atom is -0.335 e. The van der Waals surface area contributed by atoms with Crippen molar-refractivity contribution in [3.63, 3.8) is 0 Å². The third-order valence-electron chi connectivity index (χ3n) is 4.84. The predicted octanol–water partition coefficient (Wildman–Crippen LogP) is 4.15. The van der Waals surface area contributed by atoms with Crippen molar-refractivity contribution in [1.82, 2.24) is 20.6 Å². The first-order valence-corrected chi connectivity index (χ1v) is 10.3. The molecule has 0 aliphatic heterocycles. The molecule has 1 fully saturated rings. The highest BCUT2D eigenvalue weighted by atomic mass is 32.2. The maximum Gasteiger partial charge on any atom is 0.451 e. The number of amides is 3. The maximum atomic E-state index is 13.1. The van der Waals surface area contributed by atoms with Crippen LogP contribution in [0.15, 0.2) is 29.3 Å². The van der Waals surface area contributed by atoms with Gasteiger partial charge >= 0.3 is 12.2 Å². The van der Waals surface area contributed by atoms with Gasteiger partial charge in [-0.3, -0.25) is 10.1 Å². The molecule has 156 valence electrons. The minimum atomic E-state index is -4.70. The first-order chi connectivity index (χ1) is 13.7. The Morgan fingerprint density at radius 3 is 2.62 bits per heavy atom. The van der Waals surface area contributed by atoms with E-state index in [0.29, 0.717) is 11.3 Å². The molecule has 2 aromatic rings. The largest absolute Gasteiger partial charge is 0.451 e. The molecule has 3 rings (SSSR count). The number of carbonyl (C=O) groups is 2. The first kappa shape index (κ1) is 21.4. The fourth-order valence-corrected chi connectivity index (χ4v) is 4.14. The zero-order chi connectivity index (χ0) is 21.0. The first-order valence-electron chi connectivity index (χ1n) is 9.31. The van der Waals surface area contributed by atoms with Gasteiger partial charge in [-0.05, 0) is 24.8 Å². The number of nitrogens with one attached hydrogen (secondary N) is 2.